The number of nitrogens with zero attached hydrogens (tertiary/aromatic N) is 2. The zero-order valence-electron chi connectivity index (χ0n) is 30.5. The van der Waals surface area contributed by atoms with Crippen molar-refractivity contribution in [3.05, 3.63) is 11.6 Å². The van der Waals surface area contributed by atoms with Gasteiger partial charge < -0.3 is 19.9 Å². The number of hydrogen-bond donors (Lipinski definition) is 1. The minimum absolute atomic E-state index is 0.0930. The lowest BCUT2D eigenvalue weighted by atomic mass is 9.47. The molecule has 1 amide bonds. The second-order valence-corrected chi connectivity index (χ2v) is 16.8. The van der Waals surface area contributed by atoms with E-state index in [1.54, 1.807) is 0 Å². The Morgan fingerprint density at radius 3 is 2.42 bits per heavy atom. The maximum absolute atomic E-state index is 13.1. The Labute approximate surface area is 276 Å². The fraction of sp³-hybridized carbons (Fsp3) is 0.897. The van der Waals surface area contributed by atoms with Crippen molar-refractivity contribution >= 4 is 11.9 Å². The molecular formula is C39H69N3O3. The van der Waals surface area contributed by atoms with Crippen LogP contribution in [0.1, 0.15) is 125 Å². The highest BCUT2D eigenvalue weighted by molar-refractivity contribution is 5.94. The van der Waals surface area contributed by atoms with E-state index < -0.39 is 0 Å². The predicted octanol–water partition coefficient (Wildman–Crippen LogP) is 7.72. The minimum atomic E-state index is -0.345. The van der Waals surface area contributed by atoms with Gasteiger partial charge in [0.1, 0.15) is 12.5 Å². The molecule has 4 rings (SSSR count). The molecule has 8 atom stereocenters. The van der Waals surface area contributed by atoms with Gasteiger partial charge in [0.05, 0.1) is 0 Å². The Hall–Kier alpha value is -1.40. The van der Waals surface area contributed by atoms with Crippen LogP contribution in [0.3, 0.4) is 0 Å². The summed E-state index contributed by atoms with van der Waals surface area (Å²) in [5, 5.41) is 3.16. The van der Waals surface area contributed by atoms with Gasteiger partial charge in [0, 0.05) is 19.5 Å². The fourth-order valence-corrected chi connectivity index (χ4v) is 10.6. The standard InChI is InChI=1S/C39H69N3O3/c1-28(2)12-9-13-29(3)33-16-17-34-32-15-14-30-26-31(18-20-38(30,4)35(32)19-21-39(33,34)5)45-37(44)27-36(43)42(24-10-22-40-6)25-11-23-41(7)8/h14,28-29,31-35,40H,9-13,15-27H2,1-8H3/t29-,31+,32+,33-,34+,35+,38+,39-/m1/s1. The van der Waals surface area contributed by atoms with Crippen LogP contribution in [0.4, 0.5) is 0 Å². The van der Waals surface area contributed by atoms with Crippen molar-refractivity contribution in [2.24, 2.45) is 46.3 Å². The summed E-state index contributed by atoms with van der Waals surface area (Å²) < 4.78 is 6.04. The summed E-state index contributed by atoms with van der Waals surface area (Å²) >= 11 is 0. The van der Waals surface area contributed by atoms with Gasteiger partial charge in [-0.25, -0.2) is 0 Å². The summed E-state index contributed by atoms with van der Waals surface area (Å²) in [6, 6.07) is 0. The maximum Gasteiger partial charge on any atom is 0.315 e. The molecule has 6 nitrogen and oxygen atoms in total. The molecule has 0 aromatic rings. The van der Waals surface area contributed by atoms with E-state index in [0.717, 1.165) is 80.7 Å². The predicted molar refractivity (Wildman–Crippen MR) is 186 cm³/mol. The van der Waals surface area contributed by atoms with E-state index in [9.17, 15) is 9.59 Å². The number of rotatable bonds is 16. The van der Waals surface area contributed by atoms with Crippen LogP contribution in [-0.2, 0) is 14.3 Å². The summed E-state index contributed by atoms with van der Waals surface area (Å²) in [5.41, 5.74) is 2.28. The van der Waals surface area contributed by atoms with Crippen molar-refractivity contribution in [2.45, 2.75) is 131 Å². The van der Waals surface area contributed by atoms with Crippen molar-refractivity contribution in [3.8, 4) is 0 Å². The second kappa shape index (κ2) is 16.1. The SMILES string of the molecule is CNCCCN(CCCN(C)C)C(=O)CC(=O)O[C@H]1CC[C@@]2(C)C(=CC[C@H]3[C@@H]4CC[C@H]([C@H](C)CCCC(C)C)[C@@]4(C)CC[C@@H]32)C1. The largest absolute Gasteiger partial charge is 0.462 e. The Kier molecular flexibility index (Phi) is 13.1. The molecule has 0 heterocycles. The highest BCUT2D eigenvalue weighted by Crippen LogP contribution is 2.67. The van der Waals surface area contributed by atoms with Crippen LogP contribution in [0, 0.1) is 46.3 Å². The first-order chi connectivity index (χ1) is 21.4. The zero-order valence-corrected chi connectivity index (χ0v) is 30.5. The van der Waals surface area contributed by atoms with Crippen LogP contribution in [0.25, 0.3) is 0 Å². The third-order valence-electron chi connectivity index (χ3n) is 13.1. The average molecular weight is 628 g/mol. The lowest BCUT2D eigenvalue weighted by molar-refractivity contribution is -0.155. The quantitative estimate of drug-likeness (QED) is 0.0822. The van der Waals surface area contributed by atoms with Crippen LogP contribution >= 0.6 is 0 Å². The van der Waals surface area contributed by atoms with E-state index in [4.69, 9.17) is 4.74 Å². The Balaban J connectivity index is 1.32. The van der Waals surface area contributed by atoms with E-state index in [1.165, 1.54) is 56.9 Å². The van der Waals surface area contributed by atoms with Gasteiger partial charge in [-0.1, -0.05) is 65.5 Å². The van der Waals surface area contributed by atoms with Crippen LogP contribution in [0.15, 0.2) is 11.6 Å². The number of fused-ring (bicyclic) bond motifs is 5. The summed E-state index contributed by atoms with van der Waals surface area (Å²) in [5.74, 6) is 4.54. The molecule has 4 aliphatic carbocycles. The van der Waals surface area contributed by atoms with Gasteiger partial charge in [-0.15, -0.1) is 0 Å². The van der Waals surface area contributed by atoms with Crippen LogP contribution < -0.4 is 5.32 Å². The first-order valence-corrected chi connectivity index (χ1v) is 18.8. The number of amides is 1. The summed E-state index contributed by atoms with van der Waals surface area (Å²) in [6.07, 6.45) is 18.0. The molecule has 0 aromatic heterocycles. The molecule has 0 aliphatic heterocycles. The van der Waals surface area contributed by atoms with E-state index in [1.807, 2.05) is 26.0 Å². The van der Waals surface area contributed by atoms with Gasteiger partial charge in [0.15, 0.2) is 0 Å². The zero-order chi connectivity index (χ0) is 32.8. The third-order valence-corrected chi connectivity index (χ3v) is 13.1. The van der Waals surface area contributed by atoms with Crippen molar-refractivity contribution < 1.29 is 14.3 Å². The summed E-state index contributed by atoms with van der Waals surface area (Å²) in [4.78, 5) is 30.2. The molecule has 6 heteroatoms. The average Bonchev–Trinajstić information content (AvgIpc) is 3.33. The van der Waals surface area contributed by atoms with E-state index in [2.05, 4.69) is 50.9 Å². The molecular weight excluding hydrogens is 558 g/mol. The lowest BCUT2D eigenvalue weighted by Crippen LogP contribution is -2.51. The first kappa shape index (κ1) is 36.4. The lowest BCUT2D eigenvalue weighted by Gasteiger charge is -2.58. The second-order valence-electron chi connectivity index (χ2n) is 16.8. The topological polar surface area (TPSA) is 61.9 Å². The van der Waals surface area contributed by atoms with E-state index >= 15 is 0 Å². The van der Waals surface area contributed by atoms with Crippen LogP contribution in [0.2, 0.25) is 0 Å². The Bertz CT molecular complexity index is 1010. The molecule has 1 N–H and O–H groups in total. The number of carbonyl (C=O) groups is 2. The van der Waals surface area contributed by atoms with Gasteiger partial charge in [0.25, 0.3) is 0 Å². The monoisotopic (exact) mass is 628 g/mol. The van der Waals surface area contributed by atoms with Crippen LogP contribution in [0.5, 0.6) is 0 Å². The van der Waals surface area contributed by atoms with Gasteiger partial charge in [-0.2, -0.15) is 0 Å². The smallest absolute Gasteiger partial charge is 0.315 e. The molecule has 3 saturated carbocycles. The number of allylic oxidation sites excluding steroid dienone is 1. The number of esters is 1. The summed E-state index contributed by atoms with van der Waals surface area (Å²) in [6.45, 7) is 15.6. The van der Waals surface area contributed by atoms with Crippen molar-refractivity contribution in [2.75, 3.05) is 47.3 Å². The highest BCUT2D eigenvalue weighted by atomic mass is 16.5. The molecule has 0 unspecified atom stereocenters. The molecule has 45 heavy (non-hydrogen) atoms. The fourth-order valence-electron chi connectivity index (χ4n) is 10.6. The number of ether oxygens (including phenoxy) is 1. The molecule has 3 fully saturated rings. The molecule has 0 radical (unpaired) electrons. The molecule has 0 aromatic carbocycles. The number of nitrogens with one attached hydrogen (secondary N) is 1. The van der Waals surface area contributed by atoms with Crippen molar-refractivity contribution in [1.29, 1.82) is 0 Å². The van der Waals surface area contributed by atoms with Gasteiger partial charge in [-0.3, -0.25) is 9.59 Å². The van der Waals surface area contributed by atoms with E-state index in [-0.39, 0.29) is 29.8 Å². The molecule has 0 saturated heterocycles. The normalized spacial score (nSPS) is 33.3. The maximum atomic E-state index is 13.1. The Morgan fingerprint density at radius 1 is 0.956 bits per heavy atom. The molecule has 258 valence electrons. The molecule has 4 aliphatic rings. The molecule has 0 spiro atoms. The van der Waals surface area contributed by atoms with Crippen molar-refractivity contribution in [1.82, 2.24) is 15.1 Å². The van der Waals surface area contributed by atoms with E-state index in [0.29, 0.717) is 18.5 Å². The third kappa shape index (κ3) is 8.75. The van der Waals surface area contributed by atoms with Gasteiger partial charge in [0.2, 0.25) is 5.91 Å². The minimum Gasteiger partial charge on any atom is -0.462 e. The summed E-state index contributed by atoms with van der Waals surface area (Å²) in [7, 11) is 6.03. The highest BCUT2D eigenvalue weighted by Gasteiger charge is 2.59. The Morgan fingerprint density at radius 2 is 1.71 bits per heavy atom. The van der Waals surface area contributed by atoms with Gasteiger partial charge >= 0.3 is 5.97 Å². The van der Waals surface area contributed by atoms with Crippen LogP contribution in [-0.4, -0.2) is 75.1 Å². The molecule has 0 bridgehead atoms. The van der Waals surface area contributed by atoms with Crippen molar-refractivity contribution in [3.63, 3.8) is 0 Å². The first-order valence-electron chi connectivity index (χ1n) is 18.8. The number of hydrogen-bond acceptors (Lipinski definition) is 5. The number of carbonyl (C=O) groups excluding carboxylic acids is 2. The van der Waals surface area contributed by atoms with Gasteiger partial charge in [-0.05, 0) is 138 Å².